The lowest BCUT2D eigenvalue weighted by Gasteiger charge is -2.30. The predicted molar refractivity (Wildman–Crippen MR) is 117 cm³/mol. The molecule has 0 spiro atoms. The number of methoxy groups -OCH3 is 1. The zero-order valence-electron chi connectivity index (χ0n) is 17.2. The van der Waals surface area contributed by atoms with Crippen molar-refractivity contribution in [2.45, 2.75) is 24.9 Å². The fourth-order valence-corrected chi connectivity index (χ4v) is 4.34. The monoisotopic (exact) mass is 423 g/mol. The van der Waals surface area contributed by atoms with Crippen molar-refractivity contribution < 1.29 is 9.53 Å². The van der Waals surface area contributed by atoms with Gasteiger partial charge in [0.1, 0.15) is 11.4 Å². The van der Waals surface area contributed by atoms with Gasteiger partial charge in [0.25, 0.3) is 0 Å². The molecule has 1 saturated heterocycles. The topological polar surface area (TPSA) is 73.1 Å². The van der Waals surface area contributed by atoms with Crippen LogP contribution in [0.1, 0.15) is 19.8 Å². The number of piperidine rings is 1. The summed E-state index contributed by atoms with van der Waals surface area (Å²) < 4.78 is 7.32. The summed E-state index contributed by atoms with van der Waals surface area (Å²) in [6.45, 7) is 3.91. The molecule has 1 aliphatic heterocycles. The molecule has 0 aliphatic carbocycles. The maximum absolute atomic E-state index is 12.7. The Balaban J connectivity index is 1.61. The molecule has 1 amide bonds. The summed E-state index contributed by atoms with van der Waals surface area (Å²) in [4.78, 5) is 19.1. The second kappa shape index (κ2) is 9.30. The maximum Gasteiger partial charge on any atom is 0.233 e. The van der Waals surface area contributed by atoms with Gasteiger partial charge < -0.3 is 9.64 Å². The molecular weight excluding hydrogens is 398 g/mol. The molecule has 0 bridgehead atoms. The lowest BCUT2D eigenvalue weighted by molar-refractivity contribution is -0.129. The molecule has 3 aromatic rings. The van der Waals surface area contributed by atoms with Gasteiger partial charge in [-0.25, -0.2) is 0 Å². The molecule has 156 valence electrons. The molecule has 8 heteroatoms. The molecule has 1 fully saturated rings. The van der Waals surface area contributed by atoms with E-state index in [-0.39, 0.29) is 5.91 Å². The van der Waals surface area contributed by atoms with Crippen molar-refractivity contribution in [2.24, 2.45) is 5.92 Å². The van der Waals surface area contributed by atoms with Crippen LogP contribution in [0.5, 0.6) is 5.75 Å². The molecular formula is C22H25N5O2S. The number of aromatic nitrogens is 4. The zero-order chi connectivity index (χ0) is 20.9. The van der Waals surface area contributed by atoms with Crippen LogP contribution in [0.15, 0.2) is 53.8 Å². The second-order valence-corrected chi connectivity index (χ2v) is 8.35. The van der Waals surface area contributed by atoms with Gasteiger partial charge in [0.2, 0.25) is 5.91 Å². The molecule has 3 heterocycles. The smallest absolute Gasteiger partial charge is 0.233 e. The number of benzene rings is 1. The molecule has 0 saturated carbocycles. The first-order chi connectivity index (χ1) is 14.7. The highest BCUT2D eigenvalue weighted by atomic mass is 32.2. The molecule has 1 aliphatic rings. The van der Waals surface area contributed by atoms with Crippen molar-refractivity contribution in [1.82, 2.24) is 24.6 Å². The van der Waals surface area contributed by atoms with Gasteiger partial charge in [-0.3, -0.25) is 14.3 Å². The summed E-state index contributed by atoms with van der Waals surface area (Å²) >= 11 is 1.40. The summed E-state index contributed by atoms with van der Waals surface area (Å²) in [5.74, 6) is 2.54. The zero-order valence-corrected chi connectivity index (χ0v) is 18.0. The van der Waals surface area contributed by atoms with Crippen LogP contribution in [0.4, 0.5) is 0 Å². The van der Waals surface area contributed by atoms with Crippen LogP contribution in [0.25, 0.3) is 17.2 Å². The molecule has 0 N–H and O–H groups in total. The van der Waals surface area contributed by atoms with Crippen LogP contribution >= 0.6 is 11.8 Å². The lowest BCUT2D eigenvalue weighted by atomic mass is 9.99. The number of likely N-dealkylation sites (tertiary alicyclic amines) is 1. The van der Waals surface area contributed by atoms with Crippen LogP contribution in [-0.2, 0) is 4.79 Å². The second-order valence-electron chi connectivity index (χ2n) is 7.41. The third-order valence-corrected chi connectivity index (χ3v) is 6.21. The van der Waals surface area contributed by atoms with Gasteiger partial charge in [0.05, 0.1) is 18.6 Å². The van der Waals surface area contributed by atoms with Gasteiger partial charge >= 0.3 is 0 Å². The van der Waals surface area contributed by atoms with Gasteiger partial charge in [0, 0.05) is 25.4 Å². The van der Waals surface area contributed by atoms with Gasteiger partial charge in [0.15, 0.2) is 11.0 Å². The molecule has 30 heavy (non-hydrogen) atoms. The summed E-state index contributed by atoms with van der Waals surface area (Å²) in [6.07, 6.45) is 3.87. The largest absolute Gasteiger partial charge is 0.497 e. The van der Waals surface area contributed by atoms with Crippen molar-refractivity contribution in [3.8, 4) is 23.0 Å². The Hall–Kier alpha value is -2.87. The van der Waals surface area contributed by atoms with Gasteiger partial charge in [-0.05, 0) is 43.0 Å². The predicted octanol–water partition coefficient (Wildman–Crippen LogP) is 3.69. The van der Waals surface area contributed by atoms with Crippen LogP contribution in [-0.4, -0.2) is 56.5 Å². The van der Waals surface area contributed by atoms with Crippen molar-refractivity contribution in [1.29, 1.82) is 0 Å². The minimum atomic E-state index is 0.145. The van der Waals surface area contributed by atoms with E-state index in [0.717, 1.165) is 43.1 Å². The summed E-state index contributed by atoms with van der Waals surface area (Å²) in [5.41, 5.74) is 1.58. The molecule has 0 unspecified atom stereocenters. The minimum Gasteiger partial charge on any atom is -0.497 e. The van der Waals surface area contributed by atoms with Crippen molar-refractivity contribution in [3.05, 3.63) is 48.7 Å². The number of carbonyl (C=O) groups excluding carboxylic acids is 1. The van der Waals surface area contributed by atoms with E-state index >= 15 is 0 Å². The number of pyridine rings is 1. The number of hydrogen-bond donors (Lipinski definition) is 0. The number of carbonyl (C=O) groups is 1. The van der Waals surface area contributed by atoms with E-state index in [1.54, 1.807) is 13.3 Å². The third-order valence-electron chi connectivity index (χ3n) is 5.30. The summed E-state index contributed by atoms with van der Waals surface area (Å²) in [6, 6.07) is 13.4. The number of rotatable bonds is 6. The fraction of sp³-hybridized carbons (Fsp3) is 0.364. The maximum atomic E-state index is 12.7. The first-order valence-corrected chi connectivity index (χ1v) is 11.1. The molecule has 7 nitrogen and oxygen atoms in total. The number of hydrogen-bond acceptors (Lipinski definition) is 6. The van der Waals surface area contributed by atoms with Crippen molar-refractivity contribution in [2.75, 3.05) is 26.0 Å². The third kappa shape index (κ3) is 4.48. The van der Waals surface area contributed by atoms with E-state index in [9.17, 15) is 4.79 Å². The van der Waals surface area contributed by atoms with E-state index in [0.29, 0.717) is 22.7 Å². The Labute approximate surface area is 180 Å². The van der Waals surface area contributed by atoms with E-state index in [2.05, 4.69) is 22.1 Å². The summed E-state index contributed by atoms with van der Waals surface area (Å²) in [7, 11) is 1.64. The quantitative estimate of drug-likeness (QED) is 0.563. The SMILES string of the molecule is COc1cccc(-n2c(SCC(=O)N3CCC(C)CC3)nnc2-c2ccccn2)c1. The Bertz CT molecular complexity index is 1000. The van der Waals surface area contributed by atoms with E-state index < -0.39 is 0 Å². The number of amides is 1. The fourth-order valence-electron chi connectivity index (χ4n) is 3.48. The molecule has 2 aromatic heterocycles. The Morgan fingerprint density at radius 3 is 2.73 bits per heavy atom. The minimum absolute atomic E-state index is 0.145. The van der Waals surface area contributed by atoms with Gasteiger partial charge in [-0.1, -0.05) is 30.8 Å². The first kappa shape index (κ1) is 20.4. The molecule has 0 radical (unpaired) electrons. The average Bonchev–Trinajstić information content (AvgIpc) is 3.22. The highest BCUT2D eigenvalue weighted by Gasteiger charge is 2.22. The van der Waals surface area contributed by atoms with E-state index in [4.69, 9.17) is 4.74 Å². The van der Waals surface area contributed by atoms with Crippen molar-refractivity contribution >= 4 is 17.7 Å². The average molecular weight is 424 g/mol. The molecule has 0 atom stereocenters. The number of ether oxygens (including phenoxy) is 1. The molecule has 1 aromatic carbocycles. The highest BCUT2D eigenvalue weighted by molar-refractivity contribution is 7.99. The van der Waals surface area contributed by atoms with Crippen LogP contribution in [0, 0.1) is 5.92 Å². The lowest BCUT2D eigenvalue weighted by Crippen LogP contribution is -2.38. The highest BCUT2D eigenvalue weighted by Crippen LogP contribution is 2.29. The Morgan fingerprint density at radius 1 is 1.17 bits per heavy atom. The van der Waals surface area contributed by atoms with Crippen LogP contribution in [0.2, 0.25) is 0 Å². The summed E-state index contributed by atoms with van der Waals surface area (Å²) in [5, 5.41) is 9.42. The van der Waals surface area contributed by atoms with Crippen LogP contribution in [0.3, 0.4) is 0 Å². The Morgan fingerprint density at radius 2 is 2.00 bits per heavy atom. The standard InChI is InChI=1S/C22H25N5O2S/c1-16-9-12-26(13-10-16)20(28)15-30-22-25-24-21(19-8-3-4-11-23-19)27(22)17-6-5-7-18(14-17)29-2/h3-8,11,14,16H,9-10,12-13,15H2,1-2H3. The number of nitrogens with zero attached hydrogens (tertiary/aromatic N) is 5. The van der Waals surface area contributed by atoms with Crippen LogP contribution < -0.4 is 4.74 Å². The molecule has 4 rings (SSSR count). The van der Waals surface area contributed by atoms with Gasteiger partial charge in [-0.15, -0.1) is 10.2 Å². The van der Waals surface area contributed by atoms with Gasteiger partial charge in [-0.2, -0.15) is 0 Å². The van der Waals surface area contributed by atoms with E-state index in [1.807, 2.05) is 51.9 Å². The van der Waals surface area contributed by atoms with E-state index in [1.165, 1.54) is 11.8 Å². The van der Waals surface area contributed by atoms with Crippen molar-refractivity contribution in [3.63, 3.8) is 0 Å². The first-order valence-electron chi connectivity index (χ1n) is 10.1. The normalized spacial score (nSPS) is 14.7. The number of thioether (sulfide) groups is 1. The Kier molecular flexibility index (Phi) is 6.32.